The Labute approximate surface area is 170 Å². The van der Waals surface area contributed by atoms with E-state index in [9.17, 15) is 0 Å². The SMILES string of the molecule is COCCn1cccc1[C@@H]1[C@H](c2ccccn2)NC(=S)N1Cc1ccncc1. The zero-order chi connectivity index (χ0) is 19.3. The van der Waals surface area contributed by atoms with Crippen molar-refractivity contribution in [2.75, 3.05) is 13.7 Å². The Kier molecular flexibility index (Phi) is 5.64. The molecule has 0 unspecified atom stereocenters. The van der Waals surface area contributed by atoms with E-state index >= 15 is 0 Å². The van der Waals surface area contributed by atoms with Crippen LogP contribution in [0.4, 0.5) is 0 Å². The predicted octanol–water partition coefficient (Wildman–Crippen LogP) is 3.10. The zero-order valence-electron chi connectivity index (χ0n) is 15.7. The minimum absolute atomic E-state index is 0.0215. The van der Waals surface area contributed by atoms with Crippen molar-refractivity contribution in [2.24, 2.45) is 0 Å². The van der Waals surface area contributed by atoms with Gasteiger partial charge in [0.25, 0.3) is 0 Å². The molecule has 0 radical (unpaired) electrons. The number of aromatic nitrogens is 3. The maximum atomic E-state index is 5.74. The van der Waals surface area contributed by atoms with Gasteiger partial charge in [-0.15, -0.1) is 0 Å². The fourth-order valence-electron chi connectivity index (χ4n) is 3.67. The summed E-state index contributed by atoms with van der Waals surface area (Å²) in [5.74, 6) is 0. The van der Waals surface area contributed by atoms with Crippen molar-refractivity contribution in [3.63, 3.8) is 0 Å². The highest BCUT2D eigenvalue weighted by molar-refractivity contribution is 7.80. The van der Waals surface area contributed by atoms with Crippen LogP contribution in [0.5, 0.6) is 0 Å². The van der Waals surface area contributed by atoms with Crippen LogP contribution in [0.3, 0.4) is 0 Å². The molecule has 0 bridgehead atoms. The van der Waals surface area contributed by atoms with Crippen molar-refractivity contribution >= 4 is 17.3 Å². The Morgan fingerprint density at radius 2 is 1.96 bits per heavy atom. The molecule has 0 saturated carbocycles. The van der Waals surface area contributed by atoms with Crippen molar-refractivity contribution in [1.29, 1.82) is 0 Å². The molecule has 0 spiro atoms. The number of rotatable bonds is 7. The molecule has 144 valence electrons. The standard InChI is InChI=1S/C21H23N5OS/c1-27-14-13-25-12-4-6-18(25)20-19(17-5-2-3-9-23-17)24-21(28)26(20)15-16-7-10-22-11-8-16/h2-12,19-20H,13-15H2,1H3,(H,24,28)/t19-,20+/m0/s1. The van der Waals surface area contributed by atoms with Gasteiger partial charge >= 0.3 is 0 Å². The molecule has 3 aromatic rings. The lowest BCUT2D eigenvalue weighted by Crippen LogP contribution is -2.30. The lowest BCUT2D eigenvalue weighted by atomic mass is 10.0. The van der Waals surface area contributed by atoms with Gasteiger partial charge in [-0.05, 0) is 54.2 Å². The van der Waals surface area contributed by atoms with E-state index in [2.05, 4.69) is 43.1 Å². The Morgan fingerprint density at radius 3 is 2.71 bits per heavy atom. The molecule has 7 heteroatoms. The van der Waals surface area contributed by atoms with Gasteiger partial charge in [0.1, 0.15) is 0 Å². The number of methoxy groups -OCH3 is 1. The molecule has 1 fully saturated rings. The second kappa shape index (κ2) is 8.50. The molecule has 4 heterocycles. The average Bonchev–Trinajstić information content (AvgIpc) is 3.32. The predicted molar refractivity (Wildman–Crippen MR) is 112 cm³/mol. The number of nitrogens with zero attached hydrogens (tertiary/aromatic N) is 4. The quantitative estimate of drug-likeness (QED) is 0.623. The maximum Gasteiger partial charge on any atom is 0.170 e. The first kappa shape index (κ1) is 18.6. The Bertz CT molecular complexity index is 915. The van der Waals surface area contributed by atoms with Gasteiger partial charge in [-0.2, -0.15) is 0 Å². The molecule has 1 saturated heterocycles. The van der Waals surface area contributed by atoms with E-state index in [0.717, 1.165) is 17.4 Å². The number of nitrogens with one attached hydrogen (secondary N) is 1. The van der Waals surface area contributed by atoms with E-state index in [4.69, 9.17) is 17.0 Å². The van der Waals surface area contributed by atoms with Crippen LogP contribution in [-0.4, -0.2) is 38.3 Å². The molecule has 2 atom stereocenters. The maximum absolute atomic E-state index is 5.74. The van der Waals surface area contributed by atoms with Crippen LogP contribution in [0.1, 0.15) is 29.0 Å². The average molecular weight is 394 g/mol. The summed E-state index contributed by atoms with van der Waals surface area (Å²) in [5.41, 5.74) is 3.33. The molecule has 1 aliphatic heterocycles. The second-order valence-electron chi connectivity index (χ2n) is 6.73. The Hall–Kier alpha value is -2.77. The number of thiocarbonyl (C=S) groups is 1. The summed E-state index contributed by atoms with van der Waals surface area (Å²) in [6.07, 6.45) is 7.55. The fraction of sp³-hybridized carbons (Fsp3) is 0.286. The molecule has 4 rings (SSSR count). The highest BCUT2D eigenvalue weighted by atomic mass is 32.1. The first-order chi connectivity index (χ1) is 13.8. The Balaban J connectivity index is 1.72. The van der Waals surface area contributed by atoms with Crippen LogP contribution in [0.2, 0.25) is 0 Å². The number of hydrogen-bond donors (Lipinski definition) is 1. The van der Waals surface area contributed by atoms with E-state index in [1.807, 2.05) is 48.9 Å². The van der Waals surface area contributed by atoms with E-state index in [1.165, 1.54) is 11.3 Å². The van der Waals surface area contributed by atoms with Crippen molar-refractivity contribution in [1.82, 2.24) is 24.8 Å². The normalized spacial score (nSPS) is 19.0. The first-order valence-corrected chi connectivity index (χ1v) is 9.69. The molecule has 0 aliphatic carbocycles. The van der Waals surface area contributed by atoms with Crippen LogP contribution in [0.15, 0.2) is 67.3 Å². The number of pyridine rings is 2. The van der Waals surface area contributed by atoms with Crippen molar-refractivity contribution in [3.05, 3.63) is 84.2 Å². The number of ether oxygens (including phenoxy) is 1. The summed E-state index contributed by atoms with van der Waals surface area (Å²) < 4.78 is 7.53. The molecule has 1 aliphatic rings. The van der Waals surface area contributed by atoms with E-state index in [0.29, 0.717) is 13.2 Å². The molecule has 6 nitrogen and oxygen atoms in total. The summed E-state index contributed by atoms with van der Waals surface area (Å²) >= 11 is 5.74. The fourth-order valence-corrected chi connectivity index (χ4v) is 3.98. The van der Waals surface area contributed by atoms with Crippen LogP contribution in [0.25, 0.3) is 0 Å². The molecule has 1 N–H and O–H groups in total. The van der Waals surface area contributed by atoms with Crippen molar-refractivity contribution in [3.8, 4) is 0 Å². The van der Waals surface area contributed by atoms with E-state index in [-0.39, 0.29) is 12.1 Å². The monoisotopic (exact) mass is 393 g/mol. The minimum atomic E-state index is -0.0215. The van der Waals surface area contributed by atoms with Crippen LogP contribution in [-0.2, 0) is 17.8 Å². The van der Waals surface area contributed by atoms with Gasteiger partial charge < -0.3 is 19.5 Å². The topological polar surface area (TPSA) is 55.2 Å². The summed E-state index contributed by atoms with van der Waals surface area (Å²) in [7, 11) is 1.72. The highest BCUT2D eigenvalue weighted by Gasteiger charge is 2.41. The Morgan fingerprint density at radius 1 is 1.11 bits per heavy atom. The summed E-state index contributed by atoms with van der Waals surface area (Å²) in [6.45, 7) is 2.16. The molecule has 0 aromatic carbocycles. The largest absolute Gasteiger partial charge is 0.383 e. The highest BCUT2D eigenvalue weighted by Crippen LogP contribution is 2.39. The third-order valence-electron chi connectivity index (χ3n) is 5.00. The van der Waals surface area contributed by atoms with Gasteiger partial charge in [0.15, 0.2) is 5.11 Å². The van der Waals surface area contributed by atoms with E-state index in [1.54, 1.807) is 7.11 Å². The van der Waals surface area contributed by atoms with Crippen LogP contribution < -0.4 is 5.32 Å². The summed E-state index contributed by atoms with van der Waals surface area (Å²) in [4.78, 5) is 11.0. The third kappa shape index (κ3) is 3.76. The minimum Gasteiger partial charge on any atom is -0.383 e. The van der Waals surface area contributed by atoms with Gasteiger partial charge in [0.05, 0.1) is 24.4 Å². The molecule has 3 aromatic heterocycles. The van der Waals surface area contributed by atoms with Gasteiger partial charge in [-0.25, -0.2) is 0 Å². The lowest BCUT2D eigenvalue weighted by Gasteiger charge is -2.29. The molecule has 28 heavy (non-hydrogen) atoms. The van der Waals surface area contributed by atoms with Crippen LogP contribution >= 0.6 is 12.2 Å². The summed E-state index contributed by atoms with van der Waals surface area (Å²) in [6, 6.07) is 14.3. The van der Waals surface area contributed by atoms with Gasteiger partial charge in [-0.3, -0.25) is 9.97 Å². The number of hydrogen-bond acceptors (Lipinski definition) is 4. The van der Waals surface area contributed by atoms with Crippen molar-refractivity contribution < 1.29 is 4.74 Å². The second-order valence-corrected chi connectivity index (χ2v) is 7.12. The molecular formula is C21H23N5OS. The zero-order valence-corrected chi connectivity index (χ0v) is 16.5. The van der Waals surface area contributed by atoms with Gasteiger partial charge in [-0.1, -0.05) is 6.07 Å². The first-order valence-electron chi connectivity index (χ1n) is 9.29. The van der Waals surface area contributed by atoms with E-state index < -0.39 is 0 Å². The van der Waals surface area contributed by atoms with Gasteiger partial charge in [0, 0.05) is 50.7 Å². The smallest absolute Gasteiger partial charge is 0.170 e. The molecular weight excluding hydrogens is 370 g/mol. The summed E-state index contributed by atoms with van der Waals surface area (Å²) in [5, 5.41) is 4.23. The van der Waals surface area contributed by atoms with Crippen LogP contribution in [0, 0.1) is 0 Å². The molecule has 0 amide bonds. The third-order valence-corrected chi connectivity index (χ3v) is 5.36. The van der Waals surface area contributed by atoms with Gasteiger partial charge in [0.2, 0.25) is 0 Å². The lowest BCUT2D eigenvalue weighted by molar-refractivity contribution is 0.183. The van der Waals surface area contributed by atoms with Crippen molar-refractivity contribution in [2.45, 2.75) is 25.2 Å².